The van der Waals surface area contributed by atoms with Crippen molar-refractivity contribution in [3.8, 4) is 6.07 Å². The lowest BCUT2D eigenvalue weighted by Crippen LogP contribution is -2.10. The quantitative estimate of drug-likeness (QED) is 0.402. The molecule has 0 radical (unpaired) electrons. The summed E-state index contributed by atoms with van der Waals surface area (Å²) in [6, 6.07) is 22.9. The van der Waals surface area contributed by atoms with Crippen molar-refractivity contribution < 1.29 is 8.42 Å². The minimum atomic E-state index is -3.99. The maximum Gasteiger partial charge on any atom is 0.219 e. The molecule has 0 aliphatic carbocycles. The third-order valence-electron chi connectivity index (χ3n) is 4.61. The van der Waals surface area contributed by atoms with Crippen LogP contribution in [0.15, 0.2) is 87.6 Å². The fraction of sp³-hybridized carbons (Fsp3) is 0.125. The Labute approximate surface area is 192 Å². The molecule has 3 rings (SSSR count). The van der Waals surface area contributed by atoms with Gasteiger partial charge in [-0.05, 0) is 61.4 Å². The van der Waals surface area contributed by atoms with Gasteiger partial charge in [-0.3, -0.25) is 0 Å². The van der Waals surface area contributed by atoms with Crippen LogP contribution in [0.2, 0.25) is 5.02 Å². The summed E-state index contributed by atoms with van der Waals surface area (Å²) in [6.07, 6.45) is 0. The van der Waals surface area contributed by atoms with E-state index < -0.39 is 9.84 Å². The molecule has 7 heteroatoms. The Morgan fingerprint density at radius 1 is 1.03 bits per heavy atom. The molecule has 0 aliphatic heterocycles. The van der Waals surface area contributed by atoms with Crippen molar-refractivity contribution in [1.29, 1.82) is 5.26 Å². The average molecular weight is 469 g/mol. The lowest BCUT2D eigenvalue weighted by Gasteiger charge is -2.15. The Morgan fingerprint density at radius 3 is 2.35 bits per heavy atom. The van der Waals surface area contributed by atoms with Gasteiger partial charge in [0.1, 0.15) is 11.1 Å². The number of sulfone groups is 1. The number of thioether (sulfide) groups is 1. The van der Waals surface area contributed by atoms with Crippen LogP contribution in [0.25, 0.3) is 0 Å². The molecular weight excluding hydrogens is 448 g/mol. The van der Waals surface area contributed by atoms with Gasteiger partial charge in [0.05, 0.1) is 4.90 Å². The molecule has 0 saturated carbocycles. The third-order valence-corrected chi connectivity index (χ3v) is 7.77. The van der Waals surface area contributed by atoms with Gasteiger partial charge in [0, 0.05) is 16.5 Å². The number of benzene rings is 3. The van der Waals surface area contributed by atoms with Gasteiger partial charge in [0.25, 0.3) is 0 Å². The average Bonchev–Trinajstić information content (AvgIpc) is 2.76. The summed E-state index contributed by atoms with van der Waals surface area (Å²) in [6.45, 7) is 4.02. The maximum absolute atomic E-state index is 13.2. The van der Waals surface area contributed by atoms with E-state index in [0.717, 1.165) is 16.7 Å². The highest BCUT2D eigenvalue weighted by Gasteiger charge is 2.25. The minimum Gasteiger partial charge on any atom is -0.349 e. The van der Waals surface area contributed by atoms with Crippen molar-refractivity contribution in [2.24, 2.45) is 0 Å². The van der Waals surface area contributed by atoms with Gasteiger partial charge in [-0.25, -0.2) is 8.42 Å². The van der Waals surface area contributed by atoms with Gasteiger partial charge in [-0.2, -0.15) is 5.26 Å². The van der Waals surface area contributed by atoms with Crippen molar-refractivity contribution in [2.45, 2.75) is 24.5 Å². The van der Waals surface area contributed by atoms with Gasteiger partial charge in [-0.15, -0.1) is 11.8 Å². The van der Waals surface area contributed by atoms with Crippen LogP contribution < -0.4 is 5.32 Å². The summed E-state index contributed by atoms with van der Waals surface area (Å²) < 4.78 is 26.5. The highest BCUT2D eigenvalue weighted by Crippen LogP contribution is 2.32. The molecule has 0 unspecified atom stereocenters. The Kier molecular flexibility index (Phi) is 7.45. The van der Waals surface area contributed by atoms with Crippen LogP contribution in [0.3, 0.4) is 0 Å². The number of rotatable bonds is 7. The lowest BCUT2D eigenvalue weighted by molar-refractivity contribution is 0.603. The fourth-order valence-corrected chi connectivity index (χ4v) is 5.65. The molecule has 0 heterocycles. The van der Waals surface area contributed by atoms with Crippen molar-refractivity contribution in [3.63, 3.8) is 0 Å². The van der Waals surface area contributed by atoms with Crippen LogP contribution in [-0.2, 0) is 15.6 Å². The Bertz CT molecular complexity index is 1250. The highest BCUT2D eigenvalue weighted by molar-refractivity contribution is 8.04. The summed E-state index contributed by atoms with van der Waals surface area (Å²) in [5, 5.41) is 13.8. The fourth-order valence-electron chi connectivity index (χ4n) is 2.88. The molecule has 0 atom stereocenters. The van der Waals surface area contributed by atoms with E-state index >= 15 is 0 Å². The standard InChI is InChI=1S/C24H21ClN2O2S2/c1-17-8-9-18(2)19(14-17)16-30-24(27-21-12-10-20(25)11-13-21)23(15-26)31(28,29)22-6-4-3-5-7-22/h3-14,27H,16H2,1-2H3/b24-23+. The molecule has 0 amide bonds. The van der Waals surface area contributed by atoms with Gasteiger partial charge in [0.15, 0.2) is 4.91 Å². The van der Waals surface area contributed by atoms with Gasteiger partial charge >= 0.3 is 0 Å². The smallest absolute Gasteiger partial charge is 0.219 e. The number of allylic oxidation sites excluding steroid dienone is 1. The summed E-state index contributed by atoms with van der Waals surface area (Å²) in [5.74, 6) is 0.513. The summed E-state index contributed by atoms with van der Waals surface area (Å²) >= 11 is 7.26. The number of hydrogen-bond acceptors (Lipinski definition) is 5. The molecule has 0 spiro atoms. The van der Waals surface area contributed by atoms with Crippen LogP contribution in [-0.4, -0.2) is 8.42 Å². The number of nitrogens with zero attached hydrogens (tertiary/aromatic N) is 1. The number of nitrogens with one attached hydrogen (secondary N) is 1. The molecule has 0 saturated heterocycles. The Balaban J connectivity index is 2.05. The SMILES string of the molecule is Cc1ccc(C)c(CS/C(Nc2ccc(Cl)cc2)=C(\C#N)S(=O)(=O)c2ccccc2)c1. The molecule has 158 valence electrons. The normalized spacial score (nSPS) is 12.1. The maximum atomic E-state index is 13.2. The van der Waals surface area contributed by atoms with Crippen LogP contribution >= 0.6 is 23.4 Å². The zero-order valence-electron chi connectivity index (χ0n) is 17.1. The number of aryl methyl sites for hydroxylation is 2. The topological polar surface area (TPSA) is 70.0 Å². The van der Waals surface area contributed by atoms with Crippen LogP contribution in [0, 0.1) is 25.2 Å². The van der Waals surface area contributed by atoms with Crippen molar-refractivity contribution in [1.82, 2.24) is 0 Å². The number of hydrogen-bond donors (Lipinski definition) is 1. The van der Waals surface area contributed by atoms with E-state index in [2.05, 4.69) is 11.4 Å². The van der Waals surface area contributed by atoms with E-state index in [-0.39, 0.29) is 14.8 Å². The van der Waals surface area contributed by atoms with Crippen molar-refractivity contribution in [2.75, 3.05) is 5.32 Å². The first-order valence-corrected chi connectivity index (χ1v) is 12.3. The molecule has 3 aromatic rings. The van der Waals surface area contributed by atoms with Gasteiger partial charge in [-0.1, -0.05) is 53.6 Å². The molecule has 3 aromatic carbocycles. The molecule has 0 aromatic heterocycles. The summed E-state index contributed by atoms with van der Waals surface area (Å²) in [7, 11) is -3.99. The van der Waals surface area contributed by atoms with E-state index in [9.17, 15) is 13.7 Å². The monoisotopic (exact) mass is 468 g/mol. The van der Waals surface area contributed by atoms with Gasteiger partial charge < -0.3 is 5.32 Å². The molecular formula is C24H21ClN2O2S2. The minimum absolute atomic E-state index is 0.0780. The first-order valence-electron chi connectivity index (χ1n) is 9.47. The van der Waals surface area contributed by atoms with Crippen LogP contribution in [0.4, 0.5) is 5.69 Å². The highest BCUT2D eigenvalue weighted by atomic mass is 35.5. The zero-order chi connectivity index (χ0) is 22.4. The first kappa shape index (κ1) is 23.0. The summed E-state index contributed by atoms with van der Waals surface area (Å²) in [5.41, 5.74) is 3.95. The lowest BCUT2D eigenvalue weighted by atomic mass is 10.1. The first-order chi connectivity index (χ1) is 14.8. The number of halogens is 1. The molecule has 0 aliphatic rings. The molecule has 0 fully saturated rings. The van der Waals surface area contributed by atoms with Crippen LogP contribution in [0.1, 0.15) is 16.7 Å². The van der Waals surface area contributed by atoms with Gasteiger partial charge in [0.2, 0.25) is 9.84 Å². The van der Waals surface area contributed by atoms with Crippen molar-refractivity contribution >= 4 is 38.9 Å². The van der Waals surface area contributed by atoms with Crippen molar-refractivity contribution in [3.05, 3.63) is 104 Å². The van der Waals surface area contributed by atoms with E-state index in [1.54, 1.807) is 42.5 Å². The number of anilines is 1. The van der Waals surface area contributed by atoms with E-state index in [1.165, 1.54) is 23.9 Å². The number of nitriles is 1. The second kappa shape index (κ2) is 10.1. The predicted molar refractivity (Wildman–Crippen MR) is 129 cm³/mol. The molecule has 31 heavy (non-hydrogen) atoms. The molecule has 4 nitrogen and oxygen atoms in total. The Hall–Kier alpha value is -2.72. The molecule has 1 N–H and O–H groups in total. The van der Waals surface area contributed by atoms with E-state index in [0.29, 0.717) is 16.5 Å². The third kappa shape index (κ3) is 5.71. The second-order valence-electron chi connectivity index (χ2n) is 6.94. The second-order valence-corrected chi connectivity index (χ2v) is 10.2. The predicted octanol–water partition coefficient (Wildman–Crippen LogP) is 6.47. The van der Waals surface area contributed by atoms with Crippen LogP contribution in [0.5, 0.6) is 0 Å². The van der Waals surface area contributed by atoms with E-state index in [4.69, 9.17) is 11.6 Å². The largest absolute Gasteiger partial charge is 0.349 e. The van der Waals surface area contributed by atoms with E-state index in [1.807, 2.05) is 32.0 Å². The summed E-state index contributed by atoms with van der Waals surface area (Å²) in [4.78, 5) is -0.238. The Morgan fingerprint density at radius 2 is 1.71 bits per heavy atom. The molecule has 0 bridgehead atoms. The zero-order valence-corrected chi connectivity index (χ0v) is 19.5.